The monoisotopic (exact) mass is 401 g/mol. The molecule has 1 aliphatic heterocycles. The minimum absolute atomic E-state index is 0. The van der Waals surface area contributed by atoms with Crippen LogP contribution in [0.4, 0.5) is 4.39 Å². The zero-order valence-corrected chi connectivity index (χ0v) is 16.3. The van der Waals surface area contributed by atoms with E-state index in [0.717, 1.165) is 19.3 Å². The number of hydrogen-bond donors (Lipinski definition) is 2. The van der Waals surface area contributed by atoms with Crippen molar-refractivity contribution < 1.29 is 18.7 Å². The summed E-state index contributed by atoms with van der Waals surface area (Å²) in [5, 5.41) is 2.85. The van der Waals surface area contributed by atoms with Crippen molar-refractivity contribution in [1.29, 1.82) is 0 Å². The number of nitrogens with two attached hydrogens (primary N) is 1. The summed E-state index contributed by atoms with van der Waals surface area (Å²) in [6.45, 7) is 1.79. The minimum atomic E-state index is -0.400. The van der Waals surface area contributed by atoms with Crippen LogP contribution in [0.25, 0.3) is 0 Å². The average Bonchev–Trinajstić information content (AvgIpc) is 2.65. The molecule has 1 atom stereocenters. The van der Waals surface area contributed by atoms with Gasteiger partial charge in [-0.25, -0.2) is 4.39 Å². The van der Waals surface area contributed by atoms with E-state index in [1.54, 1.807) is 18.2 Å². The molecule has 0 aromatic heterocycles. The number of para-hydroxylation sites is 1. The van der Waals surface area contributed by atoms with Crippen molar-refractivity contribution in [3.05, 3.63) is 30.1 Å². The van der Waals surface area contributed by atoms with Crippen molar-refractivity contribution >= 4 is 24.2 Å². The Morgan fingerprint density at radius 1 is 1.26 bits per heavy atom. The molecule has 1 heterocycles. The highest BCUT2D eigenvalue weighted by molar-refractivity contribution is 5.85. The number of ether oxygens (including phenoxy) is 1. The zero-order chi connectivity index (χ0) is 18.8. The lowest BCUT2D eigenvalue weighted by Crippen LogP contribution is -2.49. The van der Waals surface area contributed by atoms with Gasteiger partial charge in [0.1, 0.15) is 0 Å². The highest BCUT2D eigenvalue weighted by Gasteiger charge is 2.26. The molecule has 0 radical (unpaired) electrons. The number of likely N-dealkylation sites (tertiary alicyclic amines) is 1. The topological polar surface area (TPSA) is 84.7 Å². The van der Waals surface area contributed by atoms with Gasteiger partial charge in [-0.15, -0.1) is 12.4 Å². The summed E-state index contributed by atoms with van der Waals surface area (Å²) in [4.78, 5) is 26.0. The largest absolute Gasteiger partial charge is 0.491 e. The van der Waals surface area contributed by atoms with E-state index in [9.17, 15) is 14.0 Å². The van der Waals surface area contributed by atoms with Gasteiger partial charge in [-0.05, 0) is 37.8 Å². The zero-order valence-electron chi connectivity index (χ0n) is 15.5. The molecule has 2 amide bonds. The van der Waals surface area contributed by atoms with Crippen LogP contribution in [0.15, 0.2) is 24.3 Å². The predicted octanol–water partition coefficient (Wildman–Crippen LogP) is 2.25. The van der Waals surface area contributed by atoms with Gasteiger partial charge in [0.2, 0.25) is 11.8 Å². The summed E-state index contributed by atoms with van der Waals surface area (Å²) in [7, 11) is 0. The van der Waals surface area contributed by atoms with Gasteiger partial charge >= 0.3 is 0 Å². The third kappa shape index (κ3) is 7.72. The molecule has 8 heteroatoms. The van der Waals surface area contributed by atoms with Crippen LogP contribution in [-0.4, -0.2) is 49.0 Å². The van der Waals surface area contributed by atoms with Crippen LogP contribution in [0.2, 0.25) is 0 Å². The van der Waals surface area contributed by atoms with Crippen molar-refractivity contribution in [3.63, 3.8) is 0 Å². The Balaban J connectivity index is 0.00000364. The van der Waals surface area contributed by atoms with Gasteiger partial charge < -0.3 is 20.7 Å². The van der Waals surface area contributed by atoms with E-state index in [-0.39, 0.29) is 36.0 Å². The number of carbonyl (C=O) groups is 2. The molecule has 1 aromatic rings. The van der Waals surface area contributed by atoms with Gasteiger partial charge in [0.15, 0.2) is 11.6 Å². The standard InChI is InChI=1S/C19H28FN3O3.ClH/c20-16-7-1-2-8-17(16)26-13-5-9-19(25)23-12-4-3-6-15(23)14-22-18(24)10-11-21;/h1-2,7-8,15H,3-6,9-14,21H2,(H,22,24);1H. The van der Waals surface area contributed by atoms with Gasteiger partial charge in [0, 0.05) is 38.5 Å². The van der Waals surface area contributed by atoms with Gasteiger partial charge in [0.05, 0.1) is 6.61 Å². The second kappa shape index (κ2) is 12.5. The molecular weight excluding hydrogens is 373 g/mol. The number of nitrogens with zero attached hydrogens (tertiary/aromatic N) is 1. The molecule has 1 saturated heterocycles. The summed E-state index contributed by atoms with van der Waals surface area (Å²) in [6.07, 6.45) is 4.09. The predicted molar refractivity (Wildman–Crippen MR) is 104 cm³/mol. The fourth-order valence-electron chi connectivity index (χ4n) is 3.10. The molecule has 0 bridgehead atoms. The van der Waals surface area contributed by atoms with E-state index in [1.807, 2.05) is 4.90 Å². The van der Waals surface area contributed by atoms with Crippen LogP contribution in [-0.2, 0) is 9.59 Å². The molecule has 27 heavy (non-hydrogen) atoms. The summed E-state index contributed by atoms with van der Waals surface area (Å²) < 4.78 is 18.9. The molecular formula is C19H29ClFN3O3. The van der Waals surface area contributed by atoms with E-state index < -0.39 is 5.82 Å². The van der Waals surface area contributed by atoms with E-state index in [0.29, 0.717) is 45.5 Å². The maximum absolute atomic E-state index is 13.5. The smallest absolute Gasteiger partial charge is 0.223 e. The number of hydrogen-bond acceptors (Lipinski definition) is 4. The fraction of sp³-hybridized carbons (Fsp3) is 0.579. The number of nitrogens with one attached hydrogen (secondary N) is 1. The van der Waals surface area contributed by atoms with Crippen LogP contribution < -0.4 is 15.8 Å². The molecule has 0 aliphatic carbocycles. The van der Waals surface area contributed by atoms with Crippen LogP contribution in [0.3, 0.4) is 0 Å². The Hall–Kier alpha value is -1.86. The maximum Gasteiger partial charge on any atom is 0.223 e. The van der Waals surface area contributed by atoms with Gasteiger partial charge in [0.25, 0.3) is 0 Å². The van der Waals surface area contributed by atoms with Crippen molar-refractivity contribution in [2.75, 3.05) is 26.2 Å². The Morgan fingerprint density at radius 3 is 2.78 bits per heavy atom. The van der Waals surface area contributed by atoms with E-state index in [1.165, 1.54) is 6.07 Å². The molecule has 0 spiro atoms. The van der Waals surface area contributed by atoms with Gasteiger partial charge in [-0.2, -0.15) is 0 Å². The second-order valence-electron chi connectivity index (χ2n) is 6.46. The Bertz CT molecular complexity index is 603. The molecule has 6 nitrogen and oxygen atoms in total. The van der Waals surface area contributed by atoms with Crippen LogP contribution in [0, 0.1) is 5.82 Å². The number of amides is 2. The maximum atomic E-state index is 13.5. The number of piperidine rings is 1. The number of benzene rings is 1. The Labute approximate surface area is 166 Å². The molecule has 0 saturated carbocycles. The Morgan fingerprint density at radius 2 is 2.04 bits per heavy atom. The minimum Gasteiger partial charge on any atom is -0.491 e. The first-order valence-electron chi connectivity index (χ1n) is 9.25. The third-order valence-electron chi connectivity index (χ3n) is 4.48. The SMILES string of the molecule is Cl.NCCC(=O)NCC1CCCCN1C(=O)CCCOc1ccccc1F. The highest BCUT2D eigenvalue weighted by atomic mass is 35.5. The average molecular weight is 402 g/mol. The summed E-state index contributed by atoms with van der Waals surface area (Å²) in [5.74, 6) is -0.217. The van der Waals surface area contributed by atoms with Crippen molar-refractivity contribution in [2.45, 2.75) is 44.6 Å². The fourth-order valence-corrected chi connectivity index (χ4v) is 3.10. The second-order valence-corrected chi connectivity index (χ2v) is 6.46. The van der Waals surface area contributed by atoms with E-state index in [2.05, 4.69) is 5.32 Å². The van der Waals surface area contributed by atoms with Crippen molar-refractivity contribution in [3.8, 4) is 5.75 Å². The summed E-state index contributed by atoms with van der Waals surface area (Å²) in [5.41, 5.74) is 5.37. The first kappa shape index (κ1) is 23.2. The molecule has 2 rings (SSSR count). The molecule has 1 aliphatic rings. The molecule has 1 fully saturated rings. The lowest BCUT2D eigenvalue weighted by Gasteiger charge is -2.36. The van der Waals surface area contributed by atoms with E-state index in [4.69, 9.17) is 10.5 Å². The first-order chi connectivity index (χ1) is 12.6. The van der Waals surface area contributed by atoms with Crippen LogP contribution >= 0.6 is 12.4 Å². The summed E-state index contributed by atoms with van der Waals surface area (Å²) >= 11 is 0. The van der Waals surface area contributed by atoms with Gasteiger partial charge in [-0.1, -0.05) is 12.1 Å². The molecule has 1 aromatic carbocycles. The summed E-state index contributed by atoms with van der Waals surface area (Å²) in [6, 6.07) is 6.26. The van der Waals surface area contributed by atoms with Crippen LogP contribution in [0.1, 0.15) is 38.5 Å². The Kier molecular flexibility index (Phi) is 10.7. The van der Waals surface area contributed by atoms with E-state index >= 15 is 0 Å². The number of carbonyl (C=O) groups excluding carboxylic acids is 2. The van der Waals surface area contributed by atoms with Gasteiger partial charge in [-0.3, -0.25) is 9.59 Å². The highest BCUT2D eigenvalue weighted by Crippen LogP contribution is 2.19. The first-order valence-corrected chi connectivity index (χ1v) is 9.25. The van der Waals surface area contributed by atoms with Crippen molar-refractivity contribution in [2.24, 2.45) is 5.73 Å². The molecule has 3 N–H and O–H groups in total. The molecule has 152 valence electrons. The third-order valence-corrected chi connectivity index (χ3v) is 4.48. The van der Waals surface area contributed by atoms with Crippen LogP contribution in [0.5, 0.6) is 5.75 Å². The quantitative estimate of drug-likeness (QED) is 0.621. The molecule has 1 unspecified atom stereocenters. The van der Waals surface area contributed by atoms with Crippen molar-refractivity contribution in [1.82, 2.24) is 10.2 Å². The number of halogens is 2. The normalized spacial score (nSPS) is 16.4. The lowest BCUT2D eigenvalue weighted by molar-refractivity contribution is -0.135. The lowest BCUT2D eigenvalue weighted by atomic mass is 10.0. The number of rotatable bonds is 9.